The van der Waals surface area contributed by atoms with Gasteiger partial charge in [0, 0.05) is 38.3 Å². The van der Waals surface area contributed by atoms with Crippen LogP contribution in [-0.2, 0) is 16.1 Å². The minimum absolute atomic E-state index is 0.0384. The number of nitrogens with zero attached hydrogens (tertiary/aromatic N) is 3. The van der Waals surface area contributed by atoms with Gasteiger partial charge >= 0.3 is 0 Å². The highest BCUT2D eigenvalue weighted by atomic mass is 16.2. The van der Waals surface area contributed by atoms with Crippen LogP contribution in [0.4, 0.5) is 5.69 Å². The highest BCUT2D eigenvalue weighted by Gasteiger charge is 2.15. The molecule has 1 aliphatic heterocycles. The van der Waals surface area contributed by atoms with Crippen molar-refractivity contribution in [3.8, 4) is 0 Å². The molecule has 8 heteroatoms. The number of rotatable bonds is 10. The molecule has 3 N–H and O–H groups in total. The Balaban J connectivity index is 1.82. The number of benzene rings is 1. The first kappa shape index (κ1) is 24.7. The van der Waals surface area contributed by atoms with E-state index in [1.165, 1.54) is 0 Å². The van der Waals surface area contributed by atoms with Crippen molar-refractivity contribution in [1.82, 2.24) is 20.4 Å². The standard InChI is InChI=1S/C23H38N6O2/c1-4-24-23(25-13-9-15-29-14-7-5-6-12-22(29)31)26-17-19-10-8-11-20(16-19)27-21(30)18-28(2)3/h8,10-11,16H,4-7,9,12-15,17-18H2,1-3H3,(H,27,30)(H2,24,25,26). The minimum atomic E-state index is -0.0384. The molecule has 0 aromatic heterocycles. The number of hydrogen-bond donors (Lipinski definition) is 3. The summed E-state index contributed by atoms with van der Waals surface area (Å²) in [4.78, 5) is 32.5. The van der Waals surface area contributed by atoms with Crippen molar-refractivity contribution in [2.45, 2.75) is 45.6 Å². The predicted molar refractivity (Wildman–Crippen MR) is 126 cm³/mol. The Morgan fingerprint density at radius 2 is 2.03 bits per heavy atom. The summed E-state index contributed by atoms with van der Waals surface area (Å²) in [5.74, 6) is 1.01. The van der Waals surface area contributed by atoms with Gasteiger partial charge in [0.05, 0.1) is 13.1 Å². The molecule has 0 spiro atoms. The van der Waals surface area contributed by atoms with E-state index < -0.39 is 0 Å². The quantitative estimate of drug-likeness (QED) is 0.300. The van der Waals surface area contributed by atoms with E-state index in [-0.39, 0.29) is 11.8 Å². The molecule has 1 aliphatic rings. The molecular weight excluding hydrogens is 392 g/mol. The third kappa shape index (κ3) is 9.83. The van der Waals surface area contributed by atoms with Crippen LogP contribution in [0.5, 0.6) is 0 Å². The number of anilines is 1. The Hall–Kier alpha value is -2.61. The zero-order valence-corrected chi connectivity index (χ0v) is 19.2. The van der Waals surface area contributed by atoms with Gasteiger partial charge in [0.1, 0.15) is 0 Å². The SMILES string of the molecule is CCNC(=NCc1cccc(NC(=O)CN(C)C)c1)NCCCN1CCCCCC1=O. The minimum Gasteiger partial charge on any atom is -0.357 e. The van der Waals surface area contributed by atoms with E-state index in [9.17, 15) is 9.59 Å². The van der Waals surface area contributed by atoms with Crippen molar-refractivity contribution in [3.63, 3.8) is 0 Å². The topological polar surface area (TPSA) is 89.1 Å². The largest absolute Gasteiger partial charge is 0.357 e. The van der Waals surface area contributed by atoms with Gasteiger partial charge in [0.2, 0.25) is 11.8 Å². The summed E-state index contributed by atoms with van der Waals surface area (Å²) in [6, 6.07) is 7.76. The molecule has 2 rings (SSSR count). The van der Waals surface area contributed by atoms with Gasteiger partial charge in [-0.05, 0) is 58.0 Å². The average molecular weight is 431 g/mol. The molecule has 31 heavy (non-hydrogen) atoms. The second-order valence-electron chi connectivity index (χ2n) is 8.15. The molecule has 1 aromatic carbocycles. The van der Waals surface area contributed by atoms with Crippen molar-refractivity contribution >= 4 is 23.5 Å². The van der Waals surface area contributed by atoms with Crippen LogP contribution in [0, 0.1) is 0 Å². The van der Waals surface area contributed by atoms with E-state index in [0.717, 1.165) is 69.1 Å². The molecule has 172 valence electrons. The van der Waals surface area contributed by atoms with Gasteiger partial charge in [0.15, 0.2) is 5.96 Å². The molecule has 0 atom stereocenters. The molecule has 1 saturated heterocycles. The van der Waals surface area contributed by atoms with E-state index in [4.69, 9.17) is 0 Å². The summed E-state index contributed by atoms with van der Waals surface area (Å²) in [5, 5.41) is 9.53. The Morgan fingerprint density at radius 3 is 2.81 bits per heavy atom. The highest BCUT2D eigenvalue weighted by molar-refractivity contribution is 5.92. The van der Waals surface area contributed by atoms with Gasteiger partial charge in [0.25, 0.3) is 0 Å². The lowest BCUT2D eigenvalue weighted by Gasteiger charge is -2.20. The zero-order valence-electron chi connectivity index (χ0n) is 19.2. The van der Waals surface area contributed by atoms with E-state index in [1.54, 1.807) is 0 Å². The lowest BCUT2D eigenvalue weighted by atomic mass is 10.2. The summed E-state index contributed by atoms with van der Waals surface area (Å²) in [7, 11) is 3.73. The Labute approximate surface area is 186 Å². The maximum absolute atomic E-state index is 12.1. The summed E-state index contributed by atoms with van der Waals surface area (Å²) < 4.78 is 0. The van der Waals surface area contributed by atoms with E-state index in [0.29, 0.717) is 19.5 Å². The Bertz CT molecular complexity index is 735. The number of nitrogens with one attached hydrogen (secondary N) is 3. The molecule has 0 radical (unpaired) electrons. The molecule has 0 unspecified atom stereocenters. The number of guanidine groups is 1. The van der Waals surface area contributed by atoms with E-state index >= 15 is 0 Å². The summed E-state index contributed by atoms with van der Waals surface area (Å²) in [6.45, 7) is 6.10. The van der Waals surface area contributed by atoms with Crippen molar-refractivity contribution in [2.75, 3.05) is 52.1 Å². The summed E-state index contributed by atoms with van der Waals surface area (Å²) >= 11 is 0. The number of aliphatic imine (C=N–C) groups is 1. The first-order valence-electron chi connectivity index (χ1n) is 11.3. The molecule has 1 heterocycles. The van der Waals surface area contributed by atoms with Gasteiger partial charge in [-0.3, -0.25) is 9.59 Å². The summed E-state index contributed by atoms with van der Waals surface area (Å²) in [6.07, 6.45) is 4.86. The maximum Gasteiger partial charge on any atom is 0.238 e. The maximum atomic E-state index is 12.1. The lowest BCUT2D eigenvalue weighted by Crippen LogP contribution is -2.39. The van der Waals surface area contributed by atoms with Gasteiger partial charge in [-0.25, -0.2) is 4.99 Å². The van der Waals surface area contributed by atoms with Gasteiger partial charge < -0.3 is 25.8 Å². The normalized spacial score (nSPS) is 15.0. The van der Waals surface area contributed by atoms with Gasteiger partial charge in [-0.1, -0.05) is 18.6 Å². The van der Waals surface area contributed by atoms with Crippen LogP contribution in [0.2, 0.25) is 0 Å². The van der Waals surface area contributed by atoms with Crippen LogP contribution >= 0.6 is 0 Å². The number of hydrogen-bond acceptors (Lipinski definition) is 4. The van der Waals surface area contributed by atoms with Crippen molar-refractivity contribution in [3.05, 3.63) is 29.8 Å². The molecule has 1 fully saturated rings. The fraction of sp³-hybridized carbons (Fsp3) is 0.609. The van der Waals surface area contributed by atoms with Crippen LogP contribution in [0.3, 0.4) is 0 Å². The number of carbonyl (C=O) groups excluding carboxylic acids is 2. The van der Waals surface area contributed by atoms with Gasteiger partial charge in [-0.15, -0.1) is 0 Å². The van der Waals surface area contributed by atoms with Crippen LogP contribution in [0.25, 0.3) is 0 Å². The molecular formula is C23H38N6O2. The fourth-order valence-electron chi connectivity index (χ4n) is 3.50. The van der Waals surface area contributed by atoms with Crippen LogP contribution < -0.4 is 16.0 Å². The number of likely N-dealkylation sites (tertiary alicyclic amines) is 1. The van der Waals surface area contributed by atoms with Crippen molar-refractivity contribution in [1.29, 1.82) is 0 Å². The number of likely N-dealkylation sites (N-methyl/N-ethyl adjacent to an activating group) is 1. The molecule has 0 aliphatic carbocycles. The van der Waals surface area contributed by atoms with Gasteiger partial charge in [-0.2, -0.15) is 0 Å². The van der Waals surface area contributed by atoms with Crippen LogP contribution in [0.15, 0.2) is 29.3 Å². The van der Waals surface area contributed by atoms with Crippen LogP contribution in [-0.4, -0.2) is 74.4 Å². The summed E-state index contributed by atoms with van der Waals surface area (Å²) in [5.41, 5.74) is 1.80. The number of carbonyl (C=O) groups is 2. The second-order valence-corrected chi connectivity index (χ2v) is 8.15. The molecule has 1 aromatic rings. The highest BCUT2D eigenvalue weighted by Crippen LogP contribution is 2.12. The van der Waals surface area contributed by atoms with Crippen LogP contribution in [0.1, 0.15) is 44.6 Å². The third-order valence-electron chi connectivity index (χ3n) is 5.00. The first-order chi connectivity index (χ1) is 15.0. The smallest absolute Gasteiger partial charge is 0.238 e. The fourth-order valence-corrected chi connectivity index (χ4v) is 3.50. The second kappa shape index (κ2) is 13.6. The van der Waals surface area contributed by atoms with Crippen molar-refractivity contribution in [2.24, 2.45) is 4.99 Å². The predicted octanol–water partition coefficient (Wildman–Crippen LogP) is 2.03. The van der Waals surface area contributed by atoms with E-state index in [1.807, 2.05) is 55.1 Å². The molecule has 0 bridgehead atoms. The number of amides is 2. The van der Waals surface area contributed by atoms with E-state index in [2.05, 4.69) is 20.9 Å². The Kier molecular flexibility index (Phi) is 10.9. The lowest BCUT2D eigenvalue weighted by molar-refractivity contribution is -0.130. The van der Waals surface area contributed by atoms with Crippen molar-refractivity contribution < 1.29 is 9.59 Å². The molecule has 0 saturated carbocycles. The molecule has 2 amide bonds. The average Bonchev–Trinajstić information content (AvgIpc) is 2.93. The third-order valence-corrected chi connectivity index (χ3v) is 5.00. The first-order valence-corrected chi connectivity index (χ1v) is 11.3. The zero-order chi connectivity index (χ0) is 22.5. The Morgan fingerprint density at radius 1 is 1.19 bits per heavy atom. The monoisotopic (exact) mass is 430 g/mol. The molecule has 8 nitrogen and oxygen atoms in total.